The molecular formula is C22H28O5. The molecule has 1 N–H and O–H groups in total. The summed E-state index contributed by atoms with van der Waals surface area (Å²) in [7, 11) is 0. The minimum absolute atomic E-state index is 0.00478. The maximum Gasteiger partial charge on any atom is 0.338 e. The number of fused-ring (bicyclic) bond motifs is 1. The van der Waals surface area contributed by atoms with Crippen molar-refractivity contribution in [3.8, 4) is 0 Å². The molecule has 5 atom stereocenters. The summed E-state index contributed by atoms with van der Waals surface area (Å²) in [6.45, 7) is 2.13. The van der Waals surface area contributed by atoms with Crippen LogP contribution in [0, 0.1) is 11.8 Å². The summed E-state index contributed by atoms with van der Waals surface area (Å²) in [5.74, 6) is -0.673. The Morgan fingerprint density at radius 1 is 1.33 bits per heavy atom. The number of carbonyl (C=O) groups excluding carboxylic acids is 2. The van der Waals surface area contributed by atoms with Gasteiger partial charge in [0.15, 0.2) is 0 Å². The lowest BCUT2D eigenvalue weighted by atomic mass is 9.91. The molecule has 146 valence electrons. The first kappa shape index (κ1) is 19.6. The molecule has 1 saturated heterocycles. The van der Waals surface area contributed by atoms with Crippen molar-refractivity contribution in [1.29, 1.82) is 0 Å². The van der Waals surface area contributed by atoms with Crippen LogP contribution in [0.15, 0.2) is 42.5 Å². The Bertz CT molecular complexity index is 669. The number of aliphatic hydroxyl groups is 1. The van der Waals surface area contributed by atoms with E-state index in [2.05, 4.69) is 6.92 Å². The largest absolute Gasteiger partial charge is 0.462 e. The SMILES string of the molecule is CCCCC[C@H](O)C=CC1C(OC(=O)c2ccccc2)CC2OC(=O)C[C@@H]21. The molecule has 0 aromatic heterocycles. The van der Waals surface area contributed by atoms with Crippen molar-refractivity contribution in [3.05, 3.63) is 48.0 Å². The van der Waals surface area contributed by atoms with Crippen LogP contribution in [0.25, 0.3) is 0 Å². The number of ether oxygens (including phenoxy) is 2. The fraction of sp³-hybridized carbons (Fsp3) is 0.545. The molecule has 5 heteroatoms. The van der Waals surface area contributed by atoms with Crippen molar-refractivity contribution in [2.24, 2.45) is 11.8 Å². The van der Waals surface area contributed by atoms with E-state index in [0.29, 0.717) is 18.4 Å². The van der Waals surface area contributed by atoms with Gasteiger partial charge in [0.25, 0.3) is 0 Å². The van der Waals surface area contributed by atoms with E-state index in [1.165, 1.54) is 0 Å². The first-order valence-electron chi connectivity index (χ1n) is 9.90. The van der Waals surface area contributed by atoms with Gasteiger partial charge in [-0.1, -0.05) is 56.5 Å². The van der Waals surface area contributed by atoms with Crippen LogP contribution >= 0.6 is 0 Å². The Morgan fingerprint density at radius 2 is 2.11 bits per heavy atom. The third-order valence-corrected chi connectivity index (χ3v) is 5.48. The molecule has 2 aliphatic rings. The van der Waals surface area contributed by atoms with E-state index in [0.717, 1.165) is 25.7 Å². The van der Waals surface area contributed by atoms with Gasteiger partial charge in [-0.3, -0.25) is 4.79 Å². The highest BCUT2D eigenvalue weighted by atomic mass is 16.6. The second-order valence-electron chi connectivity index (χ2n) is 7.47. The Labute approximate surface area is 160 Å². The van der Waals surface area contributed by atoms with E-state index in [1.54, 1.807) is 30.3 Å². The predicted molar refractivity (Wildman–Crippen MR) is 101 cm³/mol. The Morgan fingerprint density at radius 3 is 2.85 bits per heavy atom. The van der Waals surface area contributed by atoms with Gasteiger partial charge in [-0.2, -0.15) is 0 Å². The van der Waals surface area contributed by atoms with Gasteiger partial charge < -0.3 is 14.6 Å². The van der Waals surface area contributed by atoms with E-state index in [4.69, 9.17) is 9.47 Å². The molecule has 5 nitrogen and oxygen atoms in total. The van der Waals surface area contributed by atoms with E-state index in [1.807, 2.05) is 12.1 Å². The van der Waals surface area contributed by atoms with E-state index in [9.17, 15) is 14.7 Å². The molecule has 1 saturated carbocycles. The molecule has 0 amide bonds. The number of esters is 2. The third-order valence-electron chi connectivity index (χ3n) is 5.48. The first-order valence-corrected chi connectivity index (χ1v) is 9.90. The zero-order chi connectivity index (χ0) is 19.2. The fourth-order valence-electron chi connectivity index (χ4n) is 4.03. The van der Waals surface area contributed by atoms with Crippen molar-refractivity contribution in [3.63, 3.8) is 0 Å². The van der Waals surface area contributed by atoms with Gasteiger partial charge in [-0.25, -0.2) is 4.79 Å². The maximum atomic E-state index is 12.4. The topological polar surface area (TPSA) is 72.8 Å². The standard InChI is InChI=1S/C22H28O5/c1-2-3-5-10-16(23)11-12-17-18-13-21(24)26-20(18)14-19(17)27-22(25)15-8-6-4-7-9-15/h4,6-9,11-12,16-20,23H,2-3,5,10,13-14H2,1H3/t16-,17?,18+,19?,20?/m0/s1. The molecule has 0 bridgehead atoms. The van der Waals surface area contributed by atoms with Gasteiger partial charge in [0.05, 0.1) is 18.1 Å². The van der Waals surface area contributed by atoms with Crippen LogP contribution < -0.4 is 0 Å². The molecule has 1 aliphatic carbocycles. The Hall–Kier alpha value is -2.14. The van der Waals surface area contributed by atoms with E-state index in [-0.39, 0.29) is 36.0 Å². The molecule has 1 heterocycles. The van der Waals surface area contributed by atoms with Crippen molar-refractivity contribution >= 4 is 11.9 Å². The molecule has 0 spiro atoms. The summed E-state index contributed by atoms with van der Waals surface area (Å²) >= 11 is 0. The highest BCUT2D eigenvalue weighted by Crippen LogP contribution is 2.43. The van der Waals surface area contributed by atoms with Crippen molar-refractivity contribution in [2.45, 2.75) is 63.8 Å². The van der Waals surface area contributed by atoms with Crippen LogP contribution in [0.2, 0.25) is 0 Å². The number of carbonyl (C=O) groups is 2. The minimum Gasteiger partial charge on any atom is -0.462 e. The van der Waals surface area contributed by atoms with Crippen LogP contribution in [0.3, 0.4) is 0 Å². The summed E-state index contributed by atoms with van der Waals surface area (Å²) in [4.78, 5) is 24.1. The summed E-state index contributed by atoms with van der Waals surface area (Å²) in [5, 5.41) is 10.2. The van der Waals surface area contributed by atoms with Gasteiger partial charge in [0.2, 0.25) is 0 Å². The molecule has 1 aromatic rings. The normalized spacial score (nSPS) is 28.1. The van der Waals surface area contributed by atoms with Gasteiger partial charge in [-0.05, 0) is 18.6 Å². The first-order chi connectivity index (χ1) is 13.1. The lowest BCUT2D eigenvalue weighted by Gasteiger charge is -2.20. The second kappa shape index (κ2) is 9.18. The Balaban J connectivity index is 1.66. The third kappa shape index (κ3) is 4.98. The van der Waals surface area contributed by atoms with Crippen LogP contribution in [0.1, 0.15) is 55.8 Å². The van der Waals surface area contributed by atoms with Crippen LogP contribution in [0.5, 0.6) is 0 Å². The van der Waals surface area contributed by atoms with E-state index < -0.39 is 6.10 Å². The van der Waals surface area contributed by atoms with Gasteiger partial charge in [-0.15, -0.1) is 0 Å². The average Bonchev–Trinajstić information content (AvgIpc) is 3.16. The lowest BCUT2D eigenvalue weighted by Crippen LogP contribution is -2.25. The average molecular weight is 372 g/mol. The minimum atomic E-state index is -0.515. The lowest BCUT2D eigenvalue weighted by molar-refractivity contribution is -0.141. The van der Waals surface area contributed by atoms with Crippen LogP contribution in [-0.2, 0) is 14.3 Å². The highest BCUT2D eigenvalue weighted by Gasteiger charge is 2.50. The van der Waals surface area contributed by atoms with Crippen LogP contribution in [-0.4, -0.2) is 35.4 Å². The number of unbranched alkanes of at least 4 members (excludes halogenated alkanes) is 2. The quantitative estimate of drug-likeness (QED) is 0.428. The van der Waals surface area contributed by atoms with Crippen molar-refractivity contribution < 1.29 is 24.2 Å². The zero-order valence-electron chi connectivity index (χ0n) is 15.8. The second-order valence-corrected chi connectivity index (χ2v) is 7.47. The number of hydrogen-bond donors (Lipinski definition) is 1. The number of hydrogen-bond acceptors (Lipinski definition) is 5. The maximum absolute atomic E-state index is 12.4. The summed E-state index contributed by atoms with van der Waals surface area (Å²) in [6.07, 6.45) is 7.39. The molecule has 27 heavy (non-hydrogen) atoms. The molecule has 1 aromatic carbocycles. The predicted octanol–water partition coefficient (Wildman–Crippen LogP) is 3.66. The van der Waals surface area contributed by atoms with Crippen molar-refractivity contribution in [1.82, 2.24) is 0 Å². The number of rotatable bonds is 8. The van der Waals surface area contributed by atoms with Gasteiger partial charge in [0, 0.05) is 18.3 Å². The molecule has 1 aliphatic heterocycles. The number of benzene rings is 1. The smallest absolute Gasteiger partial charge is 0.338 e. The Kier molecular flexibility index (Phi) is 6.67. The molecule has 3 unspecified atom stereocenters. The molecule has 3 rings (SSSR count). The molecule has 2 fully saturated rings. The van der Waals surface area contributed by atoms with Crippen LogP contribution in [0.4, 0.5) is 0 Å². The fourth-order valence-corrected chi connectivity index (χ4v) is 4.03. The van der Waals surface area contributed by atoms with Crippen molar-refractivity contribution in [2.75, 3.05) is 0 Å². The zero-order valence-corrected chi connectivity index (χ0v) is 15.8. The molecular weight excluding hydrogens is 344 g/mol. The highest BCUT2D eigenvalue weighted by molar-refractivity contribution is 5.89. The van der Waals surface area contributed by atoms with Gasteiger partial charge in [0.1, 0.15) is 12.2 Å². The summed E-state index contributed by atoms with van der Waals surface area (Å²) in [6, 6.07) is 8.89. The summed E-state index contributed by atoms with van der Waals surface area (Å²) in [5.41, 5.74) is 0.508. The monoisotopic (exact) mass is 372 g/mol. The van der Waals surface area contributed by atoms with Gasteiger partial charge >= 0.3 is 11.9 Å². The summed E-state index contributed by atoms with van der Waals surface area (Å²) < 4.78 is 11.1. The molecule has 0 radical (unpaired) electrons. The van der Waals surface area contributed by atoms with E-state index >= 15 is 0 Å². The number of aliphatic hydroxyl groups excluding tert-OH is 1.